The fraction of sp³-hybridized carbons (Fsp3) is 0.667. The smallest absolute Gasteiger partial charge is 0.0972 e. The first-order chi connectivity index (χ1) is 10.7. The lowest BCUT2D eigenvalue weighted by Crippen LogP contribution is -2.51. The molecule has 0 aliphatic heterocycles. The van der Waals surface area contributed by atoms with Gasteiger partial charge in [0, 0.05) is 11.5 Å². The highest BCUT2D eigenvalue weighted by molar-refractivity contribution is 7.84. The van der Waals surface area contributed by atoms with Crippen LogP contribution in [0.15, 0.2) is 18.2 Å². The van der Waals surface area contributed by atoms with E-state index in [0.29, 0.717) is 10.0 Å². The Balaban J connectivity index is 2.35. The third-order valence-corrected chi connectivity index (χ3v) is 7.33. The van der Waals surface area contributed by atoms with Crippen LogP contribution in [0.3, 0.4) is 0 Å². The summed E-state index contributed by atoms with van der Waals surface area (Å²) in [5.74, 6) is 0. The van der Waals surface area contributed by atoms with E-state index in [1.54, 1.807) is 0 Å². The van der Waals surface area contributed by atoms with Crippen LogP contribution in [0.2, 0.25) is 10.0 Å². The van der Waals surface area contributed by atoms with E-state index in [2.05, 4.69) is 17.7 Å². The number of halogens is 2. The molecular weight excluding hydrogens is 349 g/mol. The zero-order chi connectivity index (χ0) is 17.3. The second-order valence-electron chi connectivity index (χ2n) is 7.57. The molecule has 1 unspecified atom stereocenters. The van der Waals surface area contributed by atoms with Crippen LogP contribution in [0.1, 0.15) is 65.4 Å². The highest BCUT2D eigenvalue weighted by Gasteiger charge is 2.40. The molecule has 5 heteroatoms. The zero-order valence-corrected chi connectivity index (χ0v) is 16.7. The van der Waals surface area contributed by atoms with Crippen molar-refractivity contribution in [2.45, 2.75) is 76.0 Å². The lowest BCUT2D eigenvalue weighted by Gasteiger charge is -2.43. The van der Waals surface area contributed by atoms with E-state index < -0.39 is 11.0 Å². The SMILES string of the molecule is C[C@@H](NS(=O)C(C)(C)C)C1(c2ccc(Cl)c(Cl)c2)CCCCC1. The second-order valence-corrected chi connectivity index (χ2v) is 10.4. The van der Waals surface area contributed by atoms with Gasteiger partial charge < -0.3 is 0 Å². The van der Waals surface area contributed by atoms with Crippen LogP contribution in [0.5, 0.6) is 0 Å². The first-order valence-corrected chi connectivity index (χ1v) is 10.2. The van der Waals surface area contributed by atoms with Gasteiger partial charge in [0.25, 0.3) is 0 Å². The van der Waals surface area contributed by atoms with Gasteiger partial charge in [0.1, 0.15) is 0 Å². The summed E-state index contributed by atoms with van der Waals surface area (Å²) in [7, 11) is -1.09. The Labute approximate surface area is 152 Å². The van der Waals surface area contributed by atoms with E-state index in [4.69, 9.17) is 23.2 Å². The predicted octanol–water partition coefficient (Wildman–Crippen LogP) is 5.64. The van der Waals surface area contributed by atoms with Gasteiger partial charge in [-0.15, -0.1) is 0 Å². The summed E-state index contributed by atoms with van der Waals surface area (Å²) in [5, 5.41) is 1.18. The molecule has 0 saturated heterocycles. The maximum Gasteiger partial charge on any atom is 0.0972 e. The van der Waals surface area contributed by atoms with Crippen molar-refractivity contribution < 1.29 is 4.21 Å². The van der Waals surface area contributed by atoms with Gasteiger partial charge in [-0.1, -0.05) is 48.5 Å². The number of hydrogen-bond donors (Lipinski definition) is 1. The van der Waals surface area contributed by atoms with Crippen molar-refractivity contribution >= 4 is 34.2 Å². The molecule has 23 heavy (non-hydrogen) atoms. The Morgan fingerprint density at radius 2 is 1.74 bits per heavy atom. The molecule has 0 radical (unpaired) electrons. The minimum atomic E-state index is -1.09. The summed E-state index contributed by atoms with van der Waals surface area (Å²) in [4.78, 5) is 0. The molecule has 1 aromatic rings. The average molecular weight is 376 g/mol. The minimum Gasteiger partial charge on any atom is -0.242 e. The van der Waals surface area contributed by atoms with E-state index in [-0.39, 0.29) is 16.2 Å². The number of rotatable bonds is 4. The fourth-order valence-electron chi connectivity index (χ4n) is 3.41. The Morgan fingerprint density at radius 1 is 1.13 bits per heavy atom. The summed E-state index contributed by atoms with van der Waals surface area (Å²) < 4.78 is 15.6. The molecule has 1 aliphatic rings. The predicted molar refractivity (Wildman–Crippen MR) is 102 cm³/mol. The summed E-state index contributed by atoms with van der Waals surface area (Å²) in [6.07, 6.45) is 5.81. The molecule has 0 aromatic heterocycles. The molecule has 0 amide bonds. The van der Waals surface area contributed by atoms with Gasteiger partial charge in [-0.25, -0.2) is 8.93 Å². The normalized spacial score (nSPS) is 21.0. The summed E-state index contributed by atoms with van der Waals surface area (Å²) in [6.45, 7) is 8.14. The van der Waals surface area contributed by atoms with Gasteiger partial charge in [-0.3, -0.25) is 0 Å². The number of nitrogens with one attached hydrogen (secondary N) is 1. The quantitative estimate of drug-likeness (QED) is 0.724. The van der Waals surface area contributed by atoms with Crippen LogP contribution < -0.4 is 4.72 Å². The summed E-state index contributed by atoms with van der Waals surface area (Å²) in [6, 6.07) is 6.06. The molecule has 2 atom stereocenters. The molecule has 130 valence electrons. The van der Waals surface area contributed by atoms with Crippen LogP contribution in [-0.2, 0) is 16.4 Å². The second kappa shape index (κ2) is 7.43. The Kier molecular flexibility index (Phi) is 6.21. The van der Waals surface area contributed by atoms with E-state index in [9.17, 15) is 4.21 Å². The van der Waals surface area contributed by atoms with Crippen LogP contribution in [0.4, 0.5) is 0 Å². The molecule has 1 aliphatic carbocycles. The molecule has 0 spiro atoms. The van der Waals surface area contributed by atoms with Crippen molar-refractivity contribution in [3.8, 4) is 0 Å². The van der Waals surface area contributed by atoms with Crippen molar-refractivity contribution in [3.63, 3.8) is 0 Å². The topological polar surface area (TPSA) is 29.1 Å². The van der Waals surface area contributed by atoms with E-state index in [1.165, 1.54) is 24.8 Å². The van der Waals surface area contributed by atoms with Crippen LogP contribution in [0.25, 0.3) is 0 Å². The average Bonchev–Trinajstić information content (AvgIpc) is 2.49. The van der Waals surface area contributed by atoms with E-state index >= 15 is 0 Å². The molecule has 1 saturated carbocycles. The molecule has 1 N–H and O–H groups in total. The zero-order valence-electron chi connectivity index (χ0n) is 14.4. The molecule has 0 heterocycles. The Bertz CT molecular complexity index is 577. The van der Waals surface area contributed by atoms with Gasteiger partial charge >= 0.3 is 0 Å². The van der Waals surface area contributed by atoms with Gasteiger partial charge in [0.2, 0.25) is 0 Å². The first-order valence-electron chi connectivity index (χ1n) is 8.30. The van der Waals surface area contributed by atoms with Crippen molar-refractivity contribution in [2.24, 2.45) is 0 Å². The van der Waals surface area contributed by atoms with Crippen molar-refractivity contribution in [2.75, 3.05) is 0 Å². The van der Waals surface area contributed by atoms with E-state index in [0.717, 1.165) is 12.8 Å². The molecule has 0 bridgehead atoms. The van der Waals surface area contributed by atoms with Gasteiger partial charge in [-0.05, 0) is 58.2 Å². The molecule has 1 fully saturated rings. The number of hydrogen-bond acceptors (Lipinski definition) is 1. The molecule has 2 nitrogen and oxygen atoms in total. The van der Waals surface area contributed by atoms with Crippen molar-refractivity contribution in [1.82, 2.24) is 4.72 Å². The first kappa shape index (κ1) is 19.2. The van der Waals surface area contributed by atoms with E-state index in [1.807, 2.05) is 32.9 Å². The third kappa shape index (κ3) is 4.31. The minimum absolute atomic E-state index is 0.0343. The molecule has 2 rings (SSSR count). The molecule has 1 aromatic carbocycles. The highest BCUT2D eigenvalue weighted by atomic mass is 35.5. The largest absolute Gasteiger partial charge is 0.242 e. The monoisotopic (exact) mass is 375 g/mol. The highest BCUT2D eigenvalue weighted by Crippen LogP contribution is 2.44. The van der Waals surface area contributed by atoms with Crippen molar-refractivity contribution in [1.29, 1.82) is 0 Å². The maximum absolute atomic E-state index is 12.6. The number of benzene rings is 1. The fourth-order valence-corrected chi connectivity index (χ4v) is 4.61. The van der Waals surface area contributed by atoms with Crippen LogP contribution >= 0.6 is 23.2 Å². The Morgan fingerprint density at radius 3 is 2.26 bits per heavy atom. The third-order valence-electron chi connectivity index (χ3n) is 4.91. The van der Waals surface area contributed by atoms with Crippen LogP contribution in [-0.4, -0.2) is 15.0 Å². The lowest BCUT2D eigenvalue weighted by molar-refractivity contribution is 0.242. The van der Waals surface area contributed by atoms with Gasteiger partial charge in [0.05, 0.1) is 25.8 Å². The van der Waals surface area contributed by atoms with Crippen molar-refractivity contribution in [3.05, 3.63) is 33.8 Å². The van der Waals surface area contributed by atoms with Crippen LogP contribution in [0, 0.1) is 0 Å². The maximum atomic E-state index is 12.6. The van der Waals surface area contributed by atoms with Gasteiger partial charge in [-0.2, -0.15) is 0 Å². The lowest BCUT2D eigenvalue weighted by atomic mass is 9.65. The Hall–Kier alpha value is -0.0900. The standard InChI is InChI=1S/C18H27Cl2NOS/c1-13(21-23(22)17(2,3)4)18(10-6-5-7-11-18)14-8-9-15(19)16(20)12-14/h8-9,12-13,21H,5-7,10-11H2,1-4H3/t13-,23?/m1/s1. The summed E-state index contributed by atoms with van der Waals surface area (Å²) >= 11 is 12.4. The molecular formula is C18H27Cl2NOS. The summed E-state index contributed by atoms with van der Waals surface area (Å²) in [5.41, 5.74) is 1.17. The van der Waals surface area contributed by atoms with Gasteiger partial charge in [0.15, 0.2) is 0 Å².